The Morgan fingerprint density at radius 1 is 1.80 bits per heavy atom. The molecule has 0 rings (SSSR count). The molecule has 6 heteroatoms. The average molecular weight is 171 g/mol. The normalized spacial score (nSPS) is 16.0. The third kappa shape index (κ3) is 6.63. The SMILES string of the molecule is C[P+](=O)OC(C)(O)C#N.[Na]. The Morgan fingerprint density at radius 2 is 2.20 bits per heavy atom. The second kappa shape index (κ2) is 5.20. The van der Waals surface area contributed by atoms with E-state index in [2.05, 4.69) is 4.52 Å². The molecule has 0 aromatic rings. The molecule has 2 atom stereocenters. The third-order valence-corrected chi connectivity index (χ3v) is 1.13. The van der Waals surface area contributed by atoms with Gasteiger partial charge >= 0.3 is 13.8 Å². The van der Waals surface area contributed by atoms with Crippen LogP contribution in [0, 0.1) is 11.3 Å². The minimum absolute atomic E-state index is 0. The first-order valence-corrected chi connectivity index (χ1v) is 3.84. The maximum atomic E-state index is 10.2. The number of hydrogen-bond acceptors (Lipinski definition) is 4. The Kier molecular flexibility index (Phi) is 6.82. The van der Waals surface area contributed by atoms with Crippen LogP contribution in [0.15, 0.2) is 0 Å². The monoisotopic (exact) mass is 171 g/mol. The average Bonchev–Trinajstić information content (AvgIpc) is 1.63. The first-order chi connectivity index (χ1) is 3.98. The zero-order valence-electron chi connectivity index (χ0n) is 6.16. The molecule has 51 valence electrons. The summed E-state index contributed by atoms with van der Waals surface area (Å²) in [5.41, 5.74) is 0. The standard InChI is InChI=1S/C4H7NO3P.Na/c1-4(6,3-5)8-9(2)7;/h6H,1-2H3;/q+1;. The molecule has 0 aromatic carbocycles. The summed E-state index contributed by atoms with van der Waals surface area (Å²) < 4.78 is 14.5. The fraction of sp³-hybridized carbons (Fsp3) is 0.750. The molecule has 0 bridgehead atoms. The summed E-state index contributed by atoms with van der Waals surface area (Å²) in [5.74, 6) is -1.91. The van der Waals surface area contributed by atoms with Crippen LogP contribution in [0.4, 0.5) is 0 Å². The van der Waals surface area contributed by atoms with Crippen LogP contribution in [0.2, 0.25) is 0 Å². The van der Waals surface area contributed by atoms with Crippen molar-refractivity contribution in [2.45, 2.75) is 12.7 Å². The van der Waals surface area contributed by atoms with Gasteiger partial charge < -0.3 is 5.11 Å². The first kappa shape index (κ1) is 13.1. The van der Waals surface area contributed by atoms with E-state index in [1.165, 1.54) is 12.7 Å². The fourth-order valence-corrected chi connectivity index (χ4v) is 0.812. The summed E-state index contributed by atoms with van der Waals surface area (Å²) in [7, 11) is -1.92. The van der Waals surface area contributed by atoms with Crippen LogP contribution in [0.3, 0.4) is 0 Å². The van der Waals surface area contributed by atoms with Gasteiger partial charge in [-0.25, -0.2) is 0 Å². The number of hydrogen-bond donors (Lipinski definition) is 1. The summed E-state index contributed by atoms with van der Waals surface area (Å²) in [6.07, 6.45) is 0. The zero-order valence-corrected chi connectivity index (χ0v) is 9.05. The van der Waals surface area contributed by atoms with E-state index in [0.717, 1.165) is 6.92 Å². The van der Waals surface area contributed by atoms with Crippen LogP contribution < -0.4 is 0 Å². The number of nitriles is 1. The summed E-state index contributed by atoms with van der Waals surface area (Å²) >= 11 is 0. The van der Waals surface area contributed by atoms with E-state index in [1.807, 2.05) is 0 Å². The van der Waals surface area contributed by atoms with Crippen molar-refractivity contribution < 1.29 is 14.2 Å². The largest absolute Gasteiger partial charge is 0.508 e. The first-order valence-electron chi connectivity index (χ1n) is 2.21. The topological polar surface area (TPSA) is 70.3 Å². The van der Waals surface area contributed by atoms with Gasteiger partial charge in [0.1, 0.15) is 6.07 Å². The summed E-state index contributed by atoms with van der Waals surface area (Å²) in [6.45, 7) is 2.39. The molecule has 0 fully saturated rings. The molecule has 2 unspecified atom stereocenters. The van der Waals surface area contributed by atoms with Gasteiger partial charge in [0.15, 0.2) is 6.66 Å². The summed E-state index contributed by atoms with van der Waals surface area (Å²) in [4.78, 5) is 0. The molecular weight excluding hydrogens is 164 g/mol. The van der Waals surface area contributed by atoms with Crippen LogP contribution in [0.1, 0.15) is 6.92 Å². The molecule has 0 spiro atoms. The van der Waals surface area contributed by atoms with E-state index in [4.69, 9.17) is 10.4 Å². The van der Waals surface area contributed by atoms with E-state index >= 15 is 0 Å². The van der Waals surface area contributed by atoms with E-state index in [1.54, 1.807) is 0 Å². The van der Waals surface area contributed by atoms with Gasteiger partial charge in [0.25, 0.3) is 0 Å². The number of nitrogens with zero attached hydrogens (tertiary/aromatic N) is 1. The minimum Gasteiger partial charge on any atom is -0.351 e. The molecule has 0 aliphatic carbocycles. The van der Waals surface area contributed by atoms with Gasteiger partial charge in [-0.05, 0) is 4.57 Å². The number of rotatable bonds is 2. The Bertz CT molecular complexity index is 164. The van der Waals surface area contributed by atoms with Gasteiger partial charge in [0, 0.05) is 36.5 Å². The predicted molar refractivity (Wildman–Crippen MR) is 36.6 cm³/mol. The van der Waals surface area contributed by atoms with Crippen LogP contribution in [-0.4, -0.2) is 47.1 Å². The van der Waals surface area contributed by atoms with Crippen LogP contribution in [0.25, 0.3) is 0 Å². The van der Waals surface area contributed by atoms with E-state index < -0.39 is 13.8 Å². The molecule has 10 heavy (non-hydrogen) atoms. The molecule has 4 nitrogen and oxygen atoms in total. The van der Waals surface area contributed by atoms with Gasteiger partial charge in [-0.2, -0.15) is 5.26 Å². The van der Waals surface area contributed by atoms with Crippen LogP contribution in [-0.2, 0) is 9.09 Å². The van der Waals surface area contributed by atoms with Gasteiger partial charge in [-0.15, -0.1) is 0 Å². The Balaban J connectivity index is 0. The zero-order chi connectivity index (χ0) is 7.49. The molecule has 1 radical (unpaired) electrons. The van der Waals surface area contributed by atoms with Gasteiger partial charge in [-0.3, -0.25) is 0 Å². The molecular formula is C4H7NNaO3P+. The van der Waals surface area contributed by atoms with Gasteiger partial charge in [0.05, 0.1) is 0 Å². The second-order valence-corrected chi connectivity index (χ2v) is 2.69. The summed E-state index contributed by atoms with van der Waals surface area (Å²) in [6, 6.07) is 1.42. The third-order valence-electron chi connectivity index (χ3n) is 0.514. The van der Waals surface area contributed by atoms with Crippen molar-refractivity contribution in [3.05, 3.63) is 0 Å². The van der Waals surface area contributed by atoms with Crippen molar-refractivity contribution in [2.75, 3.05) is 6.66 Å². The maximum absolute atomic E-state index is 10.2. The maximum Gasteiger partial charge on any atom is 0.508 e. The van der Waals surface area contributed by atoms with Crippen molar-refractivity contribution in [3.8, 4) is 6.07 Å². The van der Waals surface area contributed by atoms with Crippen molar-refractivity contribution in [1.29, 1.82) is 5.26 Å². The number of aliphatic hydroxyl groups is 1. The van der Waals surface area contributed by atoms with Gasteiger partial charge in [0.2, 0.25) is 0 Å². The minimum atomic E-state index is -1.92. The molecule has 0 aliphatic rings. The molecule has 0 saturated heterocycles. The molecule has 0 aliphatic heterocycles. The molecule has 1 N–H and O–H groups in total. The second-order valence-electron chi connectivity index (χ2n) is 1.63. The molecule has 0 saturated carbocycles. The molecule has 0 amide bonds. The van der Waals surface area contributed by atoms with E-state index in [0.29, 0.717) is 0 Å². The Hall–Kier alpha value is 0.510. The fourth-order valence-electron chi connectivity index (χ4n) is 0.271. The molecule has 0 aromatic heterocycles. The van der Waals surface area contributed by atoms with E-state index in [9.17, 15) is 4.57 Å². The van der Waals surface area contributed by atoms with Crippen molar-refractivity contribution in [1.82, 2.24) is 0 Å². The smallest absolute Gasteiger partial charge is 0.351 e. The Labute approximate surface area is 82.3 Å². The summed E-state index contributed by atoms with van der Waals surface area (Å²) in [5, 5.41) is 16.8. The van der Waals surface area contributed by atoms with Crippen molar-refractivity contribution >= 4 is 37.6 Å². The Morgan fingerprint density at radius 3 is 2.30 bits per heavy atom. The predicted octanol–water partition coefficient (Wildman–Crippen LogP) is 0.226. The van der Waals surface area contributed by atoms with Crippen LogP contribution in [0.5, 0.6) is 0 Å². The van der Waals surface area contributed by atoms with Gasteiger partial charge in [-0.1, -0.05) is 4.52 Å². The van der Waals surface area contributed by atoms with E-state index in [-0.39, 0.29) is 29.6 Å². The van der Waals surface area contributed by atoms with Crippen molar-refractivity contribution in [2.24, 2.45) is 0 Å². The molecule has 0 heterocycles. The quantitative estimate of drug-likeness (QED) is 0.279. The van der Waals surface area contributed by atoms with Crippen molar-refractivity contribution in [3.63, 3.8) is 0 Å². The van der Waals surface area contributed by atoms with Crippen LogP contribution >= 0.6 is 8.03 Å².